The van der Waals surface area contributed by atoms with Crippen molar-refractivity contribution >= 4 is 23.7 Å². The third-order valence-corrected chi connectivity index (χ3v) is 6.35. The molecule has 9 heteroatoms. The van der Waals surface area contributed by atoms with Crippen LogP contribution in [0.4, 0.5) is 9.59 Å². The average Bonchev–Trinajstić information content (AvgIpc) is 2.79. The van der Waals surface area contributed by atoms with Gasteiger partial charge in [-0.2, -0.15) is 0 Å². The SMILES string of the molecule is CNC[C@H](CC1CCCCC1)NC(=O)N(C)CC[C@H](OCCNC(=O)O)c1cccc(Cl)c1. The first kappa shape index (κ1) is 27.2. The Bertz CT molecular complexity index is 730. The van der Waals surface area contributed by atoms with Crippen molar-refractivity contribution in [2.24, 2.45) is 5.92 Å². The standard InChI is InChI=1S/C24H39ClN4O4/c1-26-17-21(15-18-7-4-3-5-8-18)28-23(30)29(2)13-11-22(33-14-12-27-24(31)32)19-9-6-10-20(25)16-19/h6,9-10,16,18,21-22,26-27H,3-5,7-8,11-15,17H2,1-2H3,(H,28,30)(H,31,32)/t21-,22-/m0/s1. The van der Waals surface area contributed by atoms with Gasteiger partial charge in [0.25, 0.3) is 0 Å². The van der Waals surface area contributed by atoms with E-state index in [-0.39, 0.29) is 31.3 Å². The molecule has 1 aliphatic carbocycles. The van der Waals surface area contributed by atoms with Gasteiger partial charge in [0.05, 0.1) is 12.7 Å². The molecule has 0 saturated heterocycles. The maximum absolute atomic E-state index is 12.9. The molecule has 33 heavy (non-hydrogen) atoms. The fourth-order valence-corrected chi connectivity index (χ4v) is 4.57. The third kappa shape index (κ3) is 10.6. The van der Waals surface area contributed by atoms with Gasteiger partial charge < -0.3 is 30.7 Å². The van der Waals surface area contributed by atoms with E-state index in [0.29, 0.717) is 23.9 Å². The molecule has 0 aromatic heterocycles. The van der Waals surface area contributed by atoms with E-state index < -0.39 is 6.09 Å². The summed E-state index contributed by atoms with van der Waals surface area (Å²) in [7, 11) is 3.70. The van der Waals surface area contributed by atoms with E-state index in [2.05, 4.69) is 16.0 Å². The number of rotatable bonds is 13. The van der Waals surface area contributed by atoms with Crippen molar-refractivity contribution < 1.29 is 19.4 Å². The van der Waals surface area contributed by atoms with Crippen molar-refractivity contribution in [3.8, 4) is 0 Å². The van der Waals surface area contributed by atoms with Gasteiger partial charge in [-0.15, -0.1) is 0 Å². The number of amides is 3. The Morgan fingerprint density at radius 2 is 2.03 bits per heavy atom. The predicted molar refractivity (Wildman–Crippen MR) is 131 cm³/mol. The van der Waals surface area contributed by atoms with Crippen molar-refractivity contribution in [3.05, 3.63) is 34.9 Å². The van der Waals surface area contributed by atoms with Crippen LogP contribution < -0.4 is 16.0 Å². The van der Waals surface area contributed by atoms with Crippen molar-refractivity contribution in [1.29, 1.82) is 0 Å². The van der Waals surface area contributed by atoms with Gasteiger partial charge in [-0.25, -0.2) is 9.59 Å². The zero-order chi connectivity index (χ0) is 24.1. The Morgan fingerprint density at radius 1 is 1.27 bits per heavy atom. The number of ether oxygens (including phenoxy) is 1. The van der Waals surface area contributed by atoms with Crippen LogP contribution in [0.2, 0.25) is 5.02 Å². The number of nitrogens with zero attached hydrogens (tertiary/aromatic N) is 1. The number of urea groups is 1. The number of likely N-dealkylation sites (N-methyl/N-ethyl adjacent to an activating group) is 1. The molecule has 0 heterocycles. The molecule has 0 aliphatic heterocycles. The summed E-state index contributed by atoms with van der Waals surface area (Å²) in [6.45, 7) is 1.66. The third-order valence-electron chi connectivity index (χ3n) is 6.11. The smallest absolute Gasteiger partial charge is 0.404 e. The van der Waals surface area contributed by atoms with Crippen LogP contribution >= 0.6 is 11.6 Å². The summed E-state index contributed by atoms with van der Waals surface area (Å²) in [6.07, 6.45) is 6.59. The molecule has 1 aromatic rings. The summed E-state index contributed by atoms with van der Waals surface area (Å²) in [5, 5.41) is 18.0. The van der Waals surface area contributed by atoms with E-state index in [4.69, 9.17) is 21.4 Å². The van der Waals surface area contributed by atoms with E-state index in [9.17, 15) is 9.59 Å². The quantitative estimate of drug-likeness (QED) is 0.315. The number of carbonyl (C=O) groups is 2. The molecule has 1 aromatic carbocycles. The molecule has 186 valence electrons. The van der Waals surface area contributed by atoms with Crippen LogP contribution in [0, 0.1) is 5.92 Å². The lowest BCUT2D eigenvalue weighted by Gasteiger charge is -2.29. The number of benzene rings is 1. The summed E-state index contributed by atoms with van der Waals surface area (Å²) in [4.78, 5) is 25.2. The number of hydrogen-bond acceptors (Lipinski definition) is 4. The molecule has 3 amide bonds. The van der Waals surface area contributed by atoms with E-state index >= 15 is 0 Å². The fraction of sp³-hybridized carbons (Fsp3) is 0.667. The van der Waals surface area contributed by atoms with Crippen molar-refractivity contribution in [3.63, 3.8) is 0 Å². The van der Waals surface area contributed by atoms with E-state index in [1.54, 1.807) is 18.0 Å². The highest BCUT2D eigenvalue weighted by atomic mass is 35.5. The summed E-state index contributed by atoms with van der Waals surface area (Å²) >= 11 is 6.15. The van der Waals surface area contributed by atoms with Gasteiger partial charge in [0.1, 0.15) is 0 Å². The highest BCUT2D eigenvalue weighted by molar-refractivity contribution is 6.30. The second-order valence-electron chi connectivity index (χ2n) is 8.80. The van der Waals surface area contributed by atoms with E-state index in [0.717, 1.165) is 18.5 Å². The first-order valence-corrected chi connectivity index (χ1v) is 12.3. The molecule has 1 saturated carbocycles. The molecular weight excluding hydrogens is 444 g/mol. The van der Waals surface area contributed by atoms with Gasteiger partial charge in [-0.05, 0) is 43.5 Å². The number of halogens is 1. The zero-order valence-electron chi connectivity index (χ0n) is 19.8. The lowest BCUT2D eigenvalue weighted by atomic mass is 9.85. The molecule has 1 fully saturated rings. The van der Waals surface area contributed by atoms with Crippen LogP contribution in [-0.2, 0) is 4.74 Å². The molecule has 0 radical (unpaired) electrons. The van der Waals surface area contributed by atoms with Crippen molar-refractivity contribution in [2.45, 2.75) is 57.1 Å². The topological polar surface area (TPSA) is 103 Å². The Morgan fingerprint density at radius 3 is 2.70 bits per heavy atom. The van der Waals surface area contributed by atoms with Crippen LogP contribution in [0.1, 0.15) is 56.6 Å². The van der Waals surface area contributed by atoms with Gasteiger partial charge >= 0.3 is 12.1 Å². The second-order valence-corrected chi connectivity index (χ2v) is 9.24. The van der Waals surface area contributed by atoms with Gasteiger partial charge in [-0.1, -0.05) is 55.8 Å². The first-order chi connectivity index (χ1) is 15.9. The zero-order valence-corrected chi connectivity index (χ0v) is 20.6. The molecule has 4 N–H and O–H groups in total. The molecule has 0 spiro atoms. The highest BCUT2D eigenvalue weighted by Gasteiger charge is 2.22. The lowest BCUT2D eigenvalue weighted by molar-refractivity contribution is 0.0442. The van der Waals surface area contributed by atoms with Crippen LogP contribution in [0.25, 0.3) is 0 Å². The average molecular weight is 483 g/mol. The van der Waals surface area contributed by atoms with Crippen molar-refractivity contribution in [1.82, 2.24) is 20.9 Å². The van der Waals surface area contributed by atoms with Crippen molar-refractivity contribution in [2.75, 3.05) is 40.3 Å². The van der Waals surface area contributed by atoms with E-state index in [1.807, 2.05) is 25.2 Å². The Balaban J connectivity index is 1.89. The molecule has 1 aliphatic rings. The van der Waals surface area contributed by atoms with Crippen LogP contribution in [0.15, 0.2) is 24.3 Å². The number of nitrogens with one attached hydrogen (secondary N) is 3. The van der Waals surface area contributed by atoms with Gasteiger partial charge in [0.2, 0.25) is 0 Å². The molecule has 2 rings (SSSR count). The summed E-state index contributed by atoms with van der Waals surface area (Å²) in [6, 6.07) is 7.42. The highest BCUT2D eigenvalue weighted by Crippen LogP contribution is 2.27. The normalized spacial score (nSPS) is 16.1. The van der Waals surface area contributed by atoms with Gasteiger partial charge in [0.15, 0.2) is 0 Å². The predicted octanol–water partition coefficient (Wildman–Crippen LogP) is 4.26. The molecule has 2 atom stereocenters. The molecule has 8 nitrogen and oxygen atoms in total. The Kier molecular flexibility index (Phi) is 12.4. The summed E-state index contributed by atoms with van der Waals surface area (Å²) in [5.74, 6) is 0.683. The van der Waals surface area contributed by atoms with Crippen LogP contribution in [-0.4, -0.2) is 68.5 Å². The molecule has 0 unspecified atom stereocenters. The number of carboxylic acid groups (broad SMARTS) is 1. The minimum atomic E-state index is -1.08. The minimum absolute atomic E-state index is 0.0940. The maximum Gasteiger partial charge on any atom is 0.404 e. The first-order valence-electron chi connectivity index (χ1n) is 11.9. The van der Waals surface area contributed by atoms with Gasteiger partial charge in [-0.3, -0.25) is 0 Å². The minimum Gasteiger partial charge on any atom is -0.465 e. The second kappa shape index (κ2) is 15.0. The number of carbonyl (C=O) groups excluding carboxylic acids is 1. The summed E-state index contributed by atoms with van der Waals surface area (Å²) < 4.78 is 5.93. The van der Waals surface area contributed by atoms with Gasteiger partial charge in [0, 0.05) is 37.7 Å². The van der Waals surface area contributed by atoms with Crippen LogP contribution in [0.3, 0.4) is 0 Å². The largest absolute Gasteiger partial charge is 0.465 e. The molecular formula is C24H39ClN4O4. The summed E-state index contributed by atoms with van der Waals surface area (Å²) in [5.41, 5.74) is 0.900. The van der Waals surface area contributed by atoms with E-state index in [1.165, 1.54) is 32.1 Å². The molecule has 0 bridgehead atoms. The maximum atomic E-state index is 12.9. The fourth-order valence-electron chi connectivity index (χ4n) is 4.37. The number of hydrogen-bond donors (Lipinski definition) is 4. The Hall–Kier alpha value is -2.03. The monoisotopic (exact) mass is 482 g/mol. The Labute approximate surface area is 202 Å². The lowest BCUT2D eigenvalue weighted by Crippen LogP contribution is -2.48. The van der Waals surface area contributed by atoms with Crippen LogP contribution in [0.5, 0.6) is 0 Å².